The van der Waals surface area contributed by atoms with Crippen LogP contribution in [0.4, 0.5) is 0 Å². The van der Waals surface area contributed by atoms with Gasteiger partial charge in [-0.25, -0.2) is 0 Å². The molecule has 0 saturated carbocycles. The molecule has 1 atom stereocenters. The van der Waals surface area contributed by atoms with E-state index in [4.69, 9.17) is 5.73 Å². The van der Waals surface area contributed by atoms with Crippen LogP contribution in [0, 0.1) is 0 Å². The molecule has 1 aliphatic rings. The highest BCUT2D eigenvalue weighted by molar-refractivity contribution is 5.99. The van der Waals surface area contributed by atoms with E-state index in [0.29, 0.717) is 11.1 Å². The largest absolute Gasteiger partial charge is 0.366 e. The Bertz CT molecular complexity index is 467. The quantitative estimate of drug-likeness (QED) is 0.802. The average molecular weight is 247 g/mol. The highest BCUT2D eigenvalue weighted by Crippen LogP contribution is 2.12. The van der Waals surface area contributed by atoms with Crippen LogP contribution in [-0.2, 0) is 0 Å². The predicted octanol–water partition coefficient (Wildman–Crippen LogP) is 0.219. The van der Waals surface area contributed by atoms with Crippen LogP contribution in [0.2, 0.25) is 0 Å². The van der Waals surface area contributed by atoms with Crippen LogP contribution in [0.15, 0.2) is 24.3 Å². The molecular formula is C13H17N3O2. The van der Waals surface area contributed by atoms with Gasteiger partial charge in [-0.2, -0.15) is 0 Å². The van der Waals surface area contributed by atoms with Crippen molar-refractivity contribution in [3.8, 4) is 0 Å². The van der Waals surface area contributed by atoms with Crippen molar-refractivity contribution in [2.45, 2.75) is 12.5 Å². The molecule has 1 aliphatic heterocycles. The number of benzene rings is 1. The first kappa shape index (κ1) is 12.6. The Labute approximate surface area is 106 Å². The molecule has 18 heavy (non-hydrogen) atoms. The minimum atomic E-state index is -0.519. The van der Waals surface area contributed by atoms with Crippen molar-refractivity contribution >= 4 is 11.8 Å². The molecule has 1 fully saturated rings. The Morgan fingerprint density at radius 1 is 1.39 bits per heavy atom. The second kappa shape index (κ2) is 5.18. The molecule has 1 aromatic carbocycles. The van der Waals surface area contributed by atoms with E-state index >= 15 is 0 Å². The molecule has 0 aromatic heterocycles. The minimum absolute atomic E-state index is 0.0770. The van der Waals surface area contributed by atoms with E-state index < -0.39 is 5.91 Å². The summed E-state index contributed by atoms with van der Waals surface area (Å²) in [6, 6.07) is 6.75. The number of rotatable bonds is 3. The van der Waals surface area contributed by atoms with Gasteiger partial charge in [-0.3, -0.25) is 9.59 Å². The number of likely N-dealkylation sites (N-methyl/N-ethyl adjacent to an activating group) is 1. The maximum Gasteiger partial charge on any atom is 0.253 e. The third kappa shape index (κ3) is 2.51. The summed E-state index contributed by atoms with van der Waals surface area (Å²) in [5, 5.41) is 3.22. The molecule has 1 heterocycles. The predicted molar refractivity (Wildman–Crippen MR) is 68.3 cm³/mol. The van der Waals surface area contributed by atoms with E-state index in [-0.39, 0.29) is 11.9 Å². The first-order chi connectivity index (χ1) is 8.59. The molecular weight excluding hydrogens is 230 g/mol. The number of primary amides is 1. The number of nitrogens with two attached hydrogens (primary N) is 1. The zero-order chi connectivity index (χ0) is 13.1. The molecule has 5 nitrogen and oxygen atoms in total. The second-order valence-electron chi connectivity index (χ2n) is 4.51. The first-order valence-electron chi connectivity index (χ1n) is 5.97. The van der Waals surface area contributed by atoms with Crippen LogP contribution in [-0.4, -0.2) is 42.9 Å². The van der Waals surface area contributed by atoms with Crippen LogP contribution in [0.5, 0.6) is 0 Å². The van der Waals surface area contributed by atoms with Gasteiger partial charge in [-0.05, 0) is 31.2 Å². The molecule has 2 amide bonds. The van der Waals surface area contributed by atoms with Gasteiger partial charge in [-0.15, -0.1) is 0 Å². The third-order valence-electron chi connectivity index (χ3n) is 3.30. The summed E-state index contributed by atoms with van der Waals surface area (Å²) in [6.07, 6.45) is 0.956. The Morgan fingerprint density at radius 2 is 2.11 bits per heavy atom. The summed E-state index contributed by atoms with van der Waals surface area (Å²) in [7, 11) is 1.79. The molecule has 3 N–H and O–H groups in total. The molecule has 0 spiro atoms. The van der Waals surface area contributed by atoms with Crippen molar-refractivity contribution in [1.29, 1.82) is 0 Å². The van der Waals surface area contributed by atoms with Crippen LogP contribution < -0.4 is 11.1 Å². The lowest BCUT2D eigenvalue weighted by molar-refractivity contribution is 0.0744. The monoisotopic (exact) mass is 247 g/mol. The molecule has 1 saturated heterocycles. The van der Waals surface area contributed by atoms with E-state index in [1.807, 2.05) is 0 Å². The van der Waals surface area contributed by atoms with Crippen molar-refractivity contribution in [2.24, 2.45) is 5.73 Å². The maximum absolute atomic E-state index is 12.3. The smallest absolute Gasteiger partial charge is 0.253 e. The summed E-state index contributed by atoms with van der Waals surface area (Å²) in [5.41, 5.74) is 6.07. The van der Waals surface area contributed by atoms with Crippen LogP contribution in [0.3, 0.4) is 0 Å². The molecule has 96 valence electrons. The van der Waals surface area contributed by atoms with E-state index in [9.17, 15) is 9.59 Å². The normalized spacial score (nSPS) is 18.6. The van der Waals surface area contributed by atoms with Gasteiger partial charge in [0.25, 0.3) is 5.91 Å². The van der Waals surface area contributed by atoms with Gasteiger partial charge in [0.05, 0.1) is 0 Å². The van der Waals surface area contributed by atoms with E-state index in [2.05, 4.69) is 5.32 Å². The van der Waals surface area contributed by atoms with Crippen molar-refractivity contribution in [1.82, 2.24) is 10.2 Å². The SMILES string of the molecule is CN(C(=O)c1cccc(C(N)=O)c1)C1CCNC1. The minimum Gasteiger partial charge on any atom is -0.366 e. The number of carbonyl (C=O) groups excluding carboxylic acids is 2. The summed E-state index contributed by atoms with van der Waals surface area (Å²) >= 11 is 0. The molecule has 1 unspecified atom stereocenters. The number of nitrogens with one attached hydrogen (secondary N) is 1. The Hall–Kier alpha value is -1.88. The van der Waals surface area contributed by atoms with E-state index in [0.717, 1.165) is 19.5 Å². The Kier molecular flexibility index (Phi) is 3.62. The van der Waals surface area contributed by atoms with E-state index in [1.54, 1.807) is 36.2 Å². The number of nitrogens with zero attached hydrogens (tertiary/aromatic N) is 1. The second-order valence-corrected chi connectivity index (χ2v) is 4.51. The van der Waals surface area contributed by atoms with Gasteiger partial charge < -0.3 is 16.0 Å². The lowest BCUT2D eigenvalue weighted by atomic mass is 10.1. The standard InChI is InChI=1S/C13H17N3O2/c1-16(11-5-6-15-8-11)13(18)10-4-2-3-9(7-10)12(14)17/h2-4,7,11,15H,5-6,8H2,1H3,(H2,14,17). The maximum atomic E-state index is 12.3. The van der Waals surface area contributed by atoms with Gasteiger partial charge in [0.2, 0.25) is 5.91 Å². The molecule has 2 rings (SSSR count). The van der Waals surface area contributed by atoms with Gasteiger partial charge in [0, 0.05) is 30.8 Å². The van der Waals surface area contributed by atoms with Crippen LogP contribution >= 0.6 is 0 Å². The fraction of sp³-hybridized carbons (Fsp3) is 0.385. The zero-order valence-electron chi connectivity index (χ0n) is 10.3. The summed E-state index contributed by atoms with van der Waals surface area (Å²) < 4.78 is 0. The number of carbonyl (C=O) groups is 2. The van der Waals surface area contributed by atoms with Gasteiger partial charge >= 0.3 is 0 Å². The van der Waals surface area contributed by atoms with E-state index in [1.165, 1.54) is 0 Å². The van der Waals surface area contributed by atoms with Crippen molar-refractivity contribution in [3.05, 3.63) is 35.4 Å². The topological polar surface area (TPSA) is 75.4 Å². The van der Waals surface area contributed by atoms with Crippen molar-refractivity contribution in [3.63, 3.8) is 0 Å². The molecule has 1 aromatic rings. The third-order valence-corrected chi connectivity index (χ3v) is 3.30. The van der Waals surface area contributed by atoms with Crippen LogP contribution in [0.1, 0.15) is 27.1 Å². The number of amides is 2. The molecule has 0 bridgehead atoms. The summed E-state index contributed by atoms with van der Waals surface area (Å²) in [5.74, 6) is -0.596. The first-order valence-corrected chi connectivity index (χ1v) is 5.97. The van der Waals surface area contributed by atoms with Gasteiger partial charge in [0.1, 0.15) is 0 Å². The summed E-state index contributed by atoms with van der Waals surface area (Å²) in [6.45, 7) is 1.75. The highest BCUT2D eigenvalue weighted by atomic mass is 16.2. The molecule has 0 aliphatic carbocycles. The zero-order valence-corrected chi connectivity index (χ0v) is 10.3. The van der Waals surface area contributed by atoms with Crippen LogP contribution in [0.25, 0.3) is 0 Å². The fourth-order valence-corrected chi connectivity index (χ4v) is 2.14. The van der Waals surface area contributed by atoms with Gasteiger partial charge in [-0.1, -0.05) is 6.07 Å². The lowest BCUT2D eigenvalue weighted by Crippen LogP contribution is -2.38. The highest BCUT2D eigenvalue weighted by Gasteiger charge is 2.24. The number of hydrogen-bond donors (Lipinski definition) is 2. The Morgan fingerprint density at radius 3 is 2.72 bits per heavy atom. The lowest BCUT2D eigenvalue weighted by Gasteiger charge is -2.23. The molecule has 5 heteroatoms. The van der Waals surface area contributed by atoms with Gasteiger partial charge in [0.15, 0.2) is 0 Å². The number of hydrogen-bond acceptors (Lipinski definition) is 3. The summed E-state index contributed by atoms with van der Waals surface area (Å²) in [4.78, 5) is 25.1. The Balaban J connectivity index is 2.17. The van der Waals surface area contributed by atoms with Crippen molar-refractivity contribution < 1.29 is 9.59 Å². The fourth-order valence-electron chi connectivity index (χ4n) is 2.14. The average Bonchev–Trinajstić information content (AvgIpc) is 2.91. The van der Waals surface area contributed by atoms with Crippen molar-refractivity contribution in [2.75, 3.05) is 20.1 Å². The molecule has 0 radical (unpaired) electrons.